The maximum Gasteiger partial charge on any atom is 0.202 e. The van der Waals surface area contributed by atoms with Crippen molar-refractivity contribution >= 4 is 23.3 Å². The van der Waals surface area contributed by atoms with E-state index in [1.54, 1.807) is 24.7 Å². The lowest BCUT2D eigenvalue weighted by Crippen LogP contribution is -2.60. The van der Waals surface area contributed by atoms with E-state index >= 15 is 0 Å². The van der Waals surface area contributed by atoms with Crippen molar-refractivity contribution in [3.05, 3.63) is 72.8 Å². The Kier molecular flexibility index (Phi) is 6.12. The molecule has 37 heavy (non-hydrogen) atoms. The number of phenolic OH excluding ortho intramolecular Hbond substituents is 1. The van der Waals surface area contributed by atoms with Gasteiger partial charge >= 0.3 is 0 Å². The van der Waals surface area contributed by atoms with Crippen molar-refractivity contribution in [2.75, 3.05) is 18.9 Å². The number of hydrogen-bond acceptors (Lipinski definition) is 6. The Morgan fingerprint density at radius 3 is 2.65 bits per heavy atom. The normalized spacial score (nSPS) is 23.5. The fraction of sp³-hybridized carbons (Fsp3) is 0.357. The molecule has 0 amide bonds. The predicted octanol–water partition coefficient (Wildman–Crippen LogP) is 4.11. The molecular formula is C28H32N8O. The van der Waals surface area contributed by atoms with E-state index in [4.69, 9.17) is 9.98 Å². The van der Waals surface area contributed by atoms with Gasteiger partial charge in [0, 0.05) is 37.4 Å². The van der Waals surface area contributed by atoms with E-state index in [2.05, 4.69) is 51.4 Å². The number of amidine groups is 2. The number of hydrogen-bond donors (Lipinski definition) is 3. The van der Waals surface area contributed by atoms with Crippen LogP contribution in [0.15, 0.2) is 77.2 Å². The summed E-state index contributed by atoms with van der Waals surface area (Å²) in [5.41, 5.74) is 2.96. The van der Waals surface area contributed by atoms with Crippen molar-refractivity contribution in [1.82, 2.24) is 19.4 Å². The summed E-state index contributed by atoms with van der Waals surface area (Å²) in [6.45, 7) is 1.13. The summed E-state index contributed by atoms with van der Waals surface area (Å²) in [6.07, 6.45) is 10.0. The summed E-state index contributed by atoms with van der Waals surface area (Å²) in [6, 6.07) is 15.8. The van der Waals surface area contributed by atoms with Crippen LogP contribution in [0.3, 0.4) is 0 Å². The zero-order chi connectivity index (χ0) is 25.4. The molecule has 2 aromatic carbocycles. The monoisotopic (exact) mass is 496 g/mol. The van der Waals surface area contributed by atoms with E-state index in [1.807, 2.05) is 22.9 Å². The number of rotatable bonds is 5. The maximum absolute atomic E-state index is 9.75. The summed E-state index contributed by atoms with van der Waals surface area (Å²) in [5.74, 6) is 2.24. The van der Waals surface area contributed by atoms with Gasteiger partial charge in [-0.25, -0.2) is 9.98 Å². The number of aromatic nitrogens is 2. The lowest BCUT2D eigenvalue weighted by Gasteiger charge is -2.43. The number of imidazole rings is 1. The second-order valence-electron chi connectivity index (χ2n) is 10.0. The smallest absolute Gasteiger partial charge is 0.202 e. The fourth-order valence-corrected chi connectivity index (χ4v) is 5.59. The van der Waals surface area contributed by atoms with E-state index in [9.17, 15) is 10.5 Å². The number of phenols is 1. The molecule has 0 spiro atoms. The highest BCUT2D eigenvalue weighted by molar-refractivity contribution is 6.16. The van der Waals surface area contributed by atoms with Crippen LogP contribution >= 0.6 is 0 Å². The highest BCUT2D eigenvalue weighted by Gasteiger charge is 2.47. The highest BCUT2D eigenvalue weighted by Crippen LogP contribution is 2.35. The molecule has 1 saturated carbocycles. The van der Waals surface area contributed by atoms with Gasteiger partial charge in [0.1, 0.15) is 17.4 Å². The van der Waals surface area contributed by atoms with E-state index < -0.39 is 0 Å². The minimum absolute atomic E-state index is 0.216. The molecule has 1 saturated heterocycles. The summed E-state index contributed by atoms with van der Waals surface area (Å²) >= 11 is 0. The Hall–Kier alpha value is -4.14. The van der Waals surface area contributed by atoms with Crippen LogP contribution in [-0.2, 0) is 6.54 Å². The Labute approximate surface area is 216 Å². The van der Waals surface area contributed by atoms with Crippen molar-refractivity contribution < 1.29 is 5.11 Å². The first-order chi connectivity index (χ1) is 18.1. The molecule has 0 radical (unpaired) electrons. The number of guanidine groups is 1. The molecule has 2 fully saturated rings. The number of anilines is 1. The van der Waals surface area contributed by atoms with Gasteiger partial charge in [0.2, 0.25) is 5.96 Å². The van der Waals surface area contributed by atoms with Gasteiger partial charge in [0.25, 0.3) is 0 Å². The van der Waals surface area contributed by atoms with Gasteiger partial charge in [-0.3, -0.25) is 15.3 Å². The second-order valence-corrected chi connectivity index (χ2v) is 10.0. The van der Waals surface area contributed by atoms with Gasteiger partial charge in [-0.15, -0.1) is 0 Å². The number of fused-ring (bicyclic) bond motifs is 3. The van der Waals surface area contributed by atoms with E-state index in [0.29, 0.717) is 18.9 Å². The minimum atomic E-state index is -0.219. The van der Waals surface area contributed by atoms with E-state index in [-0.39, 0.29) is 23.8 Å². The van der Waals surface area contributed by atoms with Crippen LogP contribution in [0.1, 0.15) is 31.2 Å². The molecule has 3 unspecified atom stereocenters. The Bertz CT molecular complexity index is 1310. The third-order valence-corrected chi connectivity index (χ3v) is 7.55. The second kappa shape index (κ2) is 9.72. The molecule has 3 atom stereocenters. The average molecular weight is 497 g/mol. The molecule has 6 rings (SSSR count). The average Bonchev–Trinajstić information content (AvgIpc) is 3.59. The standard InChI is InChI=1S/C28H32N8O/c1-34-17-23(26(29)36-25-5-3-2-4-24(25)33-28(34)36)27(32-20-8-12-22(37)13-9-20)31-16-19-6-10-21(11-7-19)35-15-14-30-18-35/h6-15,18,23-25,29,37H,2-5,16-17H2,1H3,(H,31,32). The van der Waals surface area contributed by atoms with Crippen molar-refractivity contribution in [3.63, 3.8) is 0 Å². The first-order valence-corrected chi connectivity index (χ1v) is 12.9. The quantitative estimate of drug-likeness (QED) is 0.280. The number of benzene rings is 2. The van der Waals surface area contributed by atoms with Crippen molar-refractivity contribution in [3.8, 4) is 11.4 Å². The van der Waals surface area contributed by atoms with Gasteiger partial charge in [0.15, 0.2) is 0 Å². The molecule has 1 aromatic heterocycles. The fourth-order valence-electron chi connectivity index (χ4n) is 5.59. The van der Waals surface area contributed by atoms with E-state index in [1.165, 1.54) is 12.8 Å². The van der Waals surface area contributed by atoms with Gasteiger partial charge in [0.05, 0.1) is 30.9 Å². The van der Waals surface area contributed by atoms with Crippen LogP contribution < -0.4 is 5.32 Å². The molecular weight excluding hydrogens is 464 g/mol. The van der Waals surface area contributed by atoms with Crippen LogP contribution in [0, 0.1) is 11.3 Å². The predicted molar refractivity (Wildman–Crippen MR) is 146 cm³/mol. The SMILES string of the molecule is CN1CC(C(=NCc2ccc(-n3ccnc3)cc2)Nc2ccc(O)cc2)C(=N)N2C1=NC1CCCCC12. The Morgan fingerprint density at radius 1 is 1.11 bits per heavy atom. The van der Waals surface area contributed by atoms with Crippen molar-refractivity contribution in [1.29, 1.82) is 5.41 Å². The molecule has 3 aliphatic rings. The number of aliphatic imine (C=N–C) groups is 2. The third kappa shape index (κ3) is 4.57. The minimum Gasteiger partial charge on any atom is -0.508 e. The summed E-state index contributed by atoms with van der Waals surface area (Å²) in [5, 5.41) is 22.5. The highest BCUT2D eigenvalue weighted by atomic mass is 16.3. The number of aromatic hydroxyl groups is 1. The van der Waals surface area contributed by atoms with Crippen LogP contribution in [0.5, 0.6) is 5.75 Å². The summed E-state index contributed by atoms with van der Waals surface area (Å²) in [7, 11) is 2.07. The molecule has 0 bridgehead atoms. The Morgan fingerprint density at radius 2 is 1.89 bits per heavy atom. The molecule has 3 N–H and O–H groups in total. The third-order valence-electron chi connectivity index (χ3n) is 7.55. The molecule has 3 aromatic rings. The zero-order valence-electron chi connectivity index (χ0n) is 21.0. The molecule has 9 nitrogen and oxygen atoms in total. The molecule has 190 valence electrons. The summed E-state index contributed by atoms with van der Waals surface area (Å²) in [4.78, 5) is 18.5. The van der Waals surface area contributed by atoms with Crippen molar-refractivity contribution in [2.24, 2.45) is 15.9 Å². The largest absolute Gasteiger partial charge is 0.508 e. The van der Waals surface area contributed by atoms with Crippen LogP contribution in [-0.4, -0.2) is 67.8 Å². The molecule has 9 heteroatoms. The van der Waals surface area contributed by atoms with Gasteiger partial charge in [-0.2, -0.15) is 0 Å². The van der Waals surface area contributed by atoms with E-state index in [0.717, 1.165) is 41.6 Å². The molecule has 3 heterocycles. The number of nitrogens with one attached hydrogen (secondary N) is 2. The molecule has 2 aliphatic heterocycles. The zero-order valence-corrected chi connectivity index (χ0v) is 21.0. The Balaban J connectivity index is 1.28. The lowest BCUT2D eigenvalue weighted by molar-refractivity contribution is 0.277. The van der Waals surface area contributed by atoms with Gasteiger partial charge < -0.3 is 19.9 Å². The first-order valence-electron chi connectivity index (χ1n) is 12.9. The van der Waals surface area contributed by atoms with Crippen LogP contribution in [0.25, 0.3) is 5.69 Å². The lowest BCUT2D eigenvalue weighted by atomic mass is 9.89. The number of nitrogens with zero attached hydrogens (tertiary/aromatic N) is 6. The topological polar surface area (TPSA) is 105 Å². The first kappa shape index (κ1) is 23.3. The van der Waals surface area contributed by atoms with Gasteiger partial charge in [-0.05, 0) is 54.8 Å². The molecule has 1 aliphatic carbocycles. The maximum atomic E-state index is 9.75. The summed E-state index contributed by atoms with van der Waals surface area (Å²) < 4.78 is 1.97. The van der Waals surface area contributed by atoms with Crippen LogP contribution in [0.4, 0.5) is 5.69 Å². The van der Waals surface area contributed by atoms with Gasteiger partial charge in [-0.1, -0.05) is 25.0 Å². The van der Waals surface area contributed by atoms with Crippen molar-refractivity contribution in [2.45, 2.75) is 44.3 Å². The van der Waals surface area contributed by atoms with Crippen LogP contribution in [0.2, 0.25) is 0 Å².